The molecule has 0 saturated heterocycles. The molecular weight excluding hydrogens is 201 g/mol. The van der Waals surface area contributed by atoms with E-state index >= 15 is 0 Å². The third-order valence-electron chi connectivity index (χ3n) is 1.92. The molecule has 0 unspecified atom stereocenters. The maximum atomic E-state index is 13.1. The van der Waals surface area contributed by atoms with Crippen molar-refractivity contribution in [1.29, 1.82) is 0 Å². The number of halogens is 2. The van der Waals surface area contributed by atoms with Crippen LogP contribution in [0.2, 0.25) is 5.02 Å². The van der Waals surface area contributed by atoms with Gasteiger partial charge in [0.15, 0.2) is 5.82 Å². The zero-order valence-electron chi connectivity index (χ0n) is 7.24. The van der Waals surface area contributed by atoms with Gasteiger partial charge in [-0.25, -0.2) is 4.39 Å². The quantitative estimate of drug-likeness (QED) is 0.697. The molecule has 3 heteroatoms. The van der Waals surface area contributed by atoms with Gasteiger partial charge in [0.05, 0.1) is 11.2 Å². The summed E-state index contributed by atoms with van der Waals surface area (Å²) in [5.41, 5.74) is 1.48. The molecule has 0 aliphatic rings. The van der Waals surface area contributed by atoms with Crippen molar-refractivity contribution in [2.24, 2.45) is 0 Å². The van der Waals surface area contributed by atoms with Crippen LogP contribution in [-0.2, 0) is 0 Å². The van der Waals surface area contributed by atoms with E-state index in [2.05, 4.69) is 4.98 Å². The summed E-state index contributed by atoms with van der Waals surface area (Å²) in [7, 11) is 0. The number of hydrogen-bond acceptors (Lipinski definition) is 1. The molecule has 0 spiro atoms. The highest BCUT2D eigenvalue weighted by Crippen LogP contribution is 2.28. The fourth-order valence-electron chi connectivity index (χ4n) is 1.24. The molecule has 14 heavy (non-hydrogen) atoms. The first-order valence-corrected chi connectivity index (χ1v) is 4.51. The molecule has 2 rings (SSSR count). The van der Waals surface area contributed by atoms with Crippen LogP contribution in [0.25, 0.3) is 11.1 Å². The molecule has 0 saturated carbocycles. The standard InChI is InChI=1S/C11H7ClFN/c12-11-9(6-14-7-10(11)13)8-4-2-1-3-5-8/h1-7H. The molecule has 0 amide bonds. The molecule has 0 atom stereocenters. The fraction of sp³-hybridized carbons (Fsp3) is 0. The van der Waals surface area contributed by atoms with E-state index in [4.69, 9.17) is 11.6 Å². The molecule has 1 aromatic heterocycles. The Balaban J connectivity index is 2.58. The summed E-state index contributed by atoms with van der Waals surface area (Å²) in [4.78, 5) is 3.76. The minimum absolute atomic E-state index is 0.117. The summed E-state index contributed by atoms with van der Waals surface area (Å²) in [6, 6.07) is 9.36. The first kappa shape index (κ1) is 9.16. The monoisotopic (exact) mass is 207 g/mol. The van der Waals surface area contributed by atoms with Gasteiger partial charge in [0.2, 0.25) is 0 Å². The van der Waals surface area contributed by atoms with E-state index in [0.29, 0.717) is 5.56 Å². The lowest BCUT2D eigenvalue weighted by Crippen LogP contribution is -1.85. The van der Waals surface area contributed by atoms with E-state index in [1.165, 1.54) is 0 Å². The molecule has 1 nitrogen and oxygen atoms in total. The highest BCUT2D eigenvalue weighted by molar-refractivity contribution is 6.33. The Kier molecular flexibility index (Phi) is 2.46. The Morgan fingerprint density at radius 2 is 1.79 bits per heavy atom. The molecule has 0 bridgehead atoms. The highest BCUT2D eigenvalue weighted by Gasteiger charge is 2.07. The Bertz CT molecular complexity index is 442. The molecule has 2 aromatic rings. The number of benzene rings is 1. The fourth-order valence-corrected chi connectivity index (χ4v) is 1.44. The van der Waals surface area contributed by atoms with Gasteiger partial charge < -0.3 is 0 Å². The largest absolute Gasteiger partial charge is 0.261 e. The topological polar surface area (TPSA) is 12.9 Å². The predicted molar refractivity (Wildman–Crippen MR) is 54.6 cm³/mol. The van der Waals surface area contributed by atoms with Crippen LogP contribution < -0.4 is 0 Å². The van der Waals surface area contributed by atoms with E-state index in [-0.39, 0.29) is 5.02 Å². The average molecular weight is 208 g/mol. The lowest BCUT2D eigenvalue weighted by molar-refractivity contribution is 0.622. The lowest BCUT2D eigenvalue weighted by Gasteiger charge is -2.03. The molecule has 0 N–H and O–H groups in total. The maximum absolute atomic E-state index is 13.1. The van der Waals surface area contributed by atoms with Gasteiger partial charge in [-0.3, -0.25) is 4.98 Å². The van der Waals surface area contributed by atoms with Crippen LogP contribution in [0.4, 0.5) is 4.39 Å². The zero-order valence-corrected chi connectivity index (χ0v) is 8.00. The van der Waals surface area contributed by atoms with Crippen LogP contribution in [-0.4, -0.2) is 4.98 Å². The Morgan fingerprint density at radius 3 is 2.50 bits per heavy atom. The molecule has 70 valence electrons. The van der Waals surface area contributed by atoms with E-state index in [9.17, 15) is 4.39 Å². The highest BCUT2D eigenvalue weighted by atomic mass is 35.5. The minimum Gasteiger partial charge on any atom is -0.261 e. The van der Waals surface area contributed by atoms with Crippen molar-refractivity contribution in [1.82, 2.24) is 4.98 Å². The SMILES string of the molecule is Fc1cncc(-c2ccccc2)c1Cl. The Morgan fingerprint density at radius 1 is 1.07 bits per heavy atom. The Labute approximate surface area is 86.2 Å². The van der Waals surface area contributed by atoms with Crippen molar-refractivity contribution in [3.63, 3.8) is 0 Å². The molecule has 0 fully saturated rings. The summed E-state index contributed by atoms with van der Waals surface area (Å²) in [6.45, 7) is 0. The van der Waals surface area contributed by atoms with Gasteiger partial charge >= 0.3 is 0 Å². The van der Waals surface area contributed by atoms with Crippen molar-refractivity contribution < 1.29 is 4.39 Å². The Hall–Kier alpha value is -1.41. The van der Waals surface area contributed by atoms with Gasteiger partial charge in [-0.05, 0) is 5.56 Å². The van der Waals surface area contributed by atoms with Crippen molar-refractivity contribution in [3.8, 4) is 11.1 Å². The zero-order chi connectivity index (χ0) is 9.97. The van der Waals surface area contributed by atoms with Gasteiger partial charge in [0.25, 0.3) is 0 Å². The molecule has 0 radical (unpaired) electrons. The summed E-state index contributed by atoms with van der Waals surface area (Å²) in [6.07, 6.45) is 2.66. The molecular formula is C11H7ClFN. The summed E-state index contributed by atoms with van der Waals surface area (Å²) in [5.74, 6) is -0.493. The van der Waals surface area contributed by atoms with Gasteiger partial charge in [-0.15, -0.1) is 0 Å². The van der Waals surface area contributed by atoms with E-state index < -0.39 is 5.82 Å². The second-order valence-corrected chi connectivity index (χ2v) is 3.23. The second kappa shape index (κ2) is 3.76. The third kappa shape index (κ3) is 1.61. The number of pyridine rings is 1. The van der Waals surface area contributed by atoms with Crippen LogP contribution in [0.3, 0.4) is 0 Å². The van der Waals surface area contributed by atoms with Crippen molar-refractivity contribution in [2.75, 3.05) is 0 Å². The van der Waals surface area contributed by atoms with Crippen LogP contribution in [0.1, 0.15) is 0 Å². The van der Waals surface area contributed by atoms with Gasteiger partial charge in [0, 0.05) is 11.8 Å². The molecule has 0 aliphatic heterocycles. The number of hydrogen-bond donors (Lipinski definition) is 0. The first-order chi connectivity index (χ1) is 6.79. The smallest absolute Gasteiger partial charge is 0.160 e. The molecule has 1 aromatic carbocycles. The van der Waals surface area contributed by atoms with Gasteiger partial charge in [-0.1, -0.05) is 41.9 Å². The summed E-state index contributed by atoms with van der Waals surface area (Å²) >= 11 is 5.81. The van der Waals surface area contributed by atoms with Crippen LogP contribution in [0, 0.1) is 5.82 Å². The predicted octanol–water partition coefficient (Wildman–Crippen LogP) is 3.54. The van der Waals surface area contributed by atoms with Gasteiger partial charge in [0.1, 0.15) is 0 Å². The average Bonchev–Trinajstić information content (AvgIpc) is 2.23. The first-order valence-electron chi connectivity index (χ1n) is 4.13. The number of rotatable bonds is 1. The number of nitrogens with zero attached hydrogens (tertiary/aromatic N) is 1. The second-order valence-electron chi connectivity index (χ2n) is 2.85. The maximum Gasteiger partial charge on any atom is 0.160 e. The van der Waals surface area contributed by atoms with Crippen molar-refractivity contribution >= 4 is 11.6 Å². The van der Waals surface area contributed by atoms with Crippen molar-refractivity contribution in [2.45, 2.75) is 0 Å². The van der Waals surface area contributed by atoms with E-state index in [0.717, 1.165) is 11.8 Å². The third-order valence-corrected chi connectivity index (χ3v) is 2.31. The van der Waals surface area contributed by atoms with Crippen LogP contribution in [0.5, 0.6) is 0 Å². The molecule has 1 heterocycles. The van der Waals surface area contributed by atoms with Crippen LogP contribution in [0.15, 0.2) is 42.7 Å². The summed E-state index contributed by atoms with van der Waals surface area (Å²) < 4.78 is 13.1. The lowest BCUT2D eigenvalue weighted by atomic mass is 10.1. The van der Waals surface area contributed by atoms with Crippen molar-refractivity contribution in [3.05, 3.63) is 53.6 Å². The minimum atomic E-state index is -0.493. The van der Waals surface area contributed by atoms with Crippen LogP contribution >= 0.6 is 11.6 Å². The normalized spacial score (nSPS) is 10.1. The summed E-state index contributed by atoms with van der Waals surface area (Å²) in [5, 5.41) is 0.117. The van der Waals surface area contributed by atoms with Gasteiger partial charge in [-0.2, -0.15) is 0 Å². The van der Waals surface area contributed by atoms with E-state index in [1.54, 1.807) is 6.20 Å². The molecule has 0 aliphatic carbocycles. The van der Waals surface area contributed by atoms with E-state index in [1.807, 2.05) is 30.3 Å². The number of aromatic nitrogens is 1.